The van der Waals surface area contributed by atoms with Crippen molar-refractivity contribution in [3.05, 3.63) is 40.5 Å². The van der Waals surface area contributed by atoms with Crippen molar-refractivity contribution in [3.8, 4) is 11.3 Å². The maximum atomic E-state index is 5.90. The molecule has 2 aromatic rings. The first-order valence-electron chi connectivity index (χ1n) is 5.87. The van der Waals surface area contributed by atoms with Gasteiger partial charge in [0.05, 0.1) is 5.69 Å². The monoisotopic (exact) mass is 247 g/mol. The second kappa shape index (κ2) is 4.51. The van der Waals surface area contributed by atoms with Crippen molar-refractivity contribution >= 4 is 11.6 Å². The summed E-state index contributed by atoms with van der Waals surface area (Å²) in [6, 6.07) is 7.87. The molecule has 2 heterocycles. The number of fused-ring (bicyclic) bond motifs is 1. The molecular formula is C13H14ClN3. The highest BCUT2D eigenvalue weighted by Gasteiger charge is 2.16. The molecule has 1 aliphatic rings. The number of hydrogen-bond donors (Lipinski definition) is 2. The Balaban J connectivity index is 2.03. The molecule has 0 saturated carbocycles. The Morgan fingerprint density at radius 3 is 2.65 bits per heavy atom. The Morgan fingerprint density at radius 1 is 1.06 bits per heavy atom. The molecule has 4 heteroatoms. The van der Waals surface area contributed by atoms with Gasteiger partial charge in [-0.2, -0.15) is 5.10 Å². The largest absolute Gasteiger partial charge is 0.316 e. The molecule has 0 atom stereocenters. The third kappa shape index (κ3) is 2.08. The minimum Gasteiger partial charge on any atom is -0.316 e. The summed E-state index contributed by atoms with van der Waals surface area (Å²) in [7, 11) is 0. The standard InChI is InChI=1S/C13H14ClN3/c14-10-3-1-9(2-4-10)13-11-5-7-15-8-6-12(11)16-17-13/h1-4,15H,5-8H2,(H,16,17). The zero-order valence-corrected chi connectivity index (χ0v) is 10.2. The fourth-order valence-electron chi connectivity index (χ4n) is 2.28. The van der Waals surface area contributed by atoms with E-state index in [-0.39, 0.29) is 0 Å². The van der Waals surface area contributed by atoms with Crippen molar-refractivity contribution in [3.63, 3.8) is 0 Å². The zero-order valence-electron chi connectivity index (χ0n) is 9.46. The van der Waals surface area contributed by atoms with Crippen LogP contribution in [-0.4, -0.2) is 23.3 Å². The lowest BCUT2D eigenvalue weighted by Gasteiger charge is -2.02. The first kappa shape index (κ1) is 10.8. The van der Waals surface area contributed by atoms with E-state index >= 15 is 0 Å². The van der Waals surface area contributed by atoms with Crippen LogP contribution >= 0.6 is 11.6 Å². The third-order valence-corrected chi connectivity index (χ3v) is 3.43. The Labute approximate surface area is 105 Å². The Hall–Kier alpha value is -1.32. The van der Waals surface area contributed by atoms with E-state index in [1.54, 1.807) is 0 Å². The van der Waals surface area contributed by atoms with Crippen molar-refractivity contribution in [2.24, 2.45) is 0 Å². The van der Waals surface area contributed by atoms with Gasteiger partial charge in [-0.25, -0.2) is 0 Å². The second-order valence-corrected chi connectivity index (χ2v) is 4.72. The molecule has 88 valence electrons. The number of rotatable bonds is 1. The van der Waals surface area contributed by atoms with E-state index in [1.807, 2.05) is 24.3 Å². The lowest BCUT2D eigenvalue weighted by atomic mass is 10.0. The third-order valence-electron chi connectivity index (χ3n) is 3.17. The number of benzene rings is 1. The molecule has 0 saturated heterocycles. The van der Waals surface area contributed by atoms with Gasteiger partial charge in [0.1, 0.15) is 0 Å². The lowest BCUT2D eigenvalue weighted by molar-refractivity contribution is 0.703. The van der Waals surface area contributed by atoms with E-state index in [0.717, 1.165) is 42.2 Å². The fraction of sp³-hybridized carbons (Fsp3) is 0.308. The number of aromatic amines is 1. The Kier molecular flexibility index (Phi) is 2.87. The summed E-state index contributed by atoms with van der Waals surface area (Å²) in [5.74, 6) is 0. The van der Waals surface area contributed by atoms with Crippen LogP contribution < -0.4 is 5.32 Å². The highest BCUT2D eigenvalue weighted by Crippen LogP contribution is 2.26. The molecule has 1 aromatic heterocycles. The van der Waals surface area contributed by atoms with Crippen LogP contribution in [0.3, 0.4) is 0 Å². The number of H-pyrrole nitrogens is 1. The molecule has 2 N–H and O–H groups in total. The summed E-state index contributed by atoms with van der Waals surface area (Å²) < 4.78 is 0. The average Bonchev–Trinajstić information content (AvgIpc) is 2.60. The predicted molar refractivity (Wildman–Crippen MR) is 69.3 cm³/mol. The van der Waals surface area contributed by atoms with Gasteiger partial charge in [0.2, 0.25) is 0 Å². The molecule has 1 aromatic carbocycles. The van der Waals surface area contributed by atoms with Crippen LogP contribution in [-0.2, 0) is 12.8 Å². The number of halogens is 1. The van der Waals surface area contributed by atoms with E-state index in [4.69, 9.17) is 11.6 Å². The molecule has 0 amide bonds. The normalized spacial score (nSPS) is 15.4. The first-order chi connectivity index (χ1) is 8.34. The van der Waals surface area contributed by atoms with Gasteiger partial charge in [0, 0.05) is 34.8 Å². The SMILES string of the molecule is Clc1ccc(-c2n[nH]c3c2CCNCC3)cc1. The van der Waals surface area contributed by atoms with Crippen molar-refractivity contribution in [1.82, 2.24) is 15.5 Å². The van der Waals surface area contributed by atoms with Gasteiger partial charge < -0.3 is 5.32 Å². The van der Waals surface area contributed by atoms with Crippen molar-refractivity contribution in [2.45, 2.75) is 12.8 Å². The summed E-state index contributed by atoms with van der Waals surface area (Å²) in [4.78, 5) is 0. The van der Waals surface area contributed by atoms with Crippen LogP contribution in [0, 0.1) is 0 Å². The molecule has 1 aliphatic heterocycles. The topological polar surface area (TPSA) is 40.7 Å². The summed E-state index contributed by atoms with van der Waals surface area (Å²) in [5.41, 5.74) is 4.81. The maximum absolute atomic E-state index is 5.90. The number of nitrogens with one attached hydrogen (secondary N) is 2. The lowest BCUT2D eigenvalue weighted by Crippen LogP contribution is -2.16. The van der Waals surface area contributed by atoms with Crippen LogP contribution in [0.4, 0.5) is 0 Å². The first-order valence-corrected chi connectivity index (χ1v) is 6.25. The number of hydrogen-bond acceptors (Lipinski definition) is 2. The van der Waals surface area contributed by atoms with Crippen molar-refractivity contribution in [1.29, 1.82) is 0 Å². The quantitative estimate of drug-likeness (QED) is 0.813. The number of nitrogens with zero attached hydrogens (tertiary/aromatic N) is 1. The molecule has 0 bridgehead atoms. The van der Waals surface area contributed by atoms with Gasteiger partial charge in [-0.3, -0.25) is 5.10 Å². The highest BCUT2D eigenvalue weighted by atomic mass is 35.5. The summed E-state index contributed by atoms with van der Waals surface area (Å²) in [6.45, 7) is 2.04. The van der Waals surface area contributed by atoms with Gasteiger partial charge in [0.25, 0.3) is 0 Å². The van der Waals surface area contributed by atoms with E-state index in [9.17, 15) is 0 Å². The van der Waals surface area contributed by atoms with Gasteiger partial charge >= 0.3 is 0 Å². The van der Waals surface area contributed by atoms with Gasteiger partial charge in [-0.15, -0.1) is 0 Å². The van der Waals surface area contributed by atoms with E-state index in [0.29, 0.717) is 0 Å². The van der Waals surface area contributed by atoms with Gasteiger partial charge in [0.15, 0.2) is 0 Å². The van der Waals surface area contributed by atoms with E-state index < -0.39 is 0 Å². The summed E-state index contributed by atoms with van der Waals surface area (Å²) >= 11 is 5.90. The molecule has 0 fully saturated rings. The van der Waals surface area contributed by atoms with Crippen LogP contribution in [0.25, 0.3) is 11.3 Å². The molecule has 0 aliphatic carbocycles. The highest BCUT2D eigenvalue weighted by molar-refractivity contribution is 6.30. The zero-order chi connectivity index (χ0) is 11.7. The Bertz CT molecular complexity index is 516. The van der Waals surface area contributed by atoms with Crippen LogP contribution in [0.15, 0.2) is 24.3 Å². The van der Waals surface area contributed by atoms with Crippen molar-refractivity contribution < 1.29 is 0 Å². The molecule has 0 unspecified atom stereocenters. The smallest absolute Gasteiger partial charge is 0.0955 e. The molecule has 3 rings (SSSR count). The molecule has 0 spiro atoms. The minimum atomic E-state index is 0.761. The second-order valence-electron chi connectivity index (χ2n) is 4.29. The van der Waals surface area contributed by atoms with E-state index in [2.05, 4.69) is 15.5 Å². The summed E-state index contributed by atoms with van der Waals surface area (Å²) in [6.07, 6.45) is 2.06. The van der Waals surface area contributed by atoms with Crippen molar-refractivity contribution in [2.75, 3.05) is 13.1 Å². The fourth-order valence-corrected chi connectivity index (χ4v) is 2.40. The molecule has 0 radical (unpaired) electrons. The minimum absolute atomic E-state index is 0.761. The van der Waals surface area contributed by atoms with Crippen LogP contribution in [0.2, 0.25) is 5.02 Å². The van der Waals surface area contributed by atoms with Crippen LogP contribution in [0.1, 0.15) is 11.3 Å². The molecule has 17 heavy (non-hydrogen) atoms. The van der Waals surface area contributed by atoms with Gasteiger partial charge in [-0.1, -0.05) is 23.7 Å². The Morgan fingerprint density at radius 2 is 1.82 bits per heavy atom. The summed E-state index contributed by atoms with van der Waals surface area (Å²) in [5, 5.41) is 11.8. The molecular weight excluding hydrogens is 234 g/mol. The predicted octanol–water partition coefficient (Wildman–Crippen LogP) is 2.42. The number of aromatic nitrogens is 2. The average molecular weight is 248 g/mol. The maximum Gasteiger partial charge on any atom is 0.0955 e. The van der Waals surface area contributed by atoms with Gasteiger partial charge in [-0.05, 0) is 25.1 Å². The van der Waals surface area contributed by atoms with Crippen LogP contribution in [0.5, 0.6) is 0 Å². The van der Waals surface area contributed by atoms with E-state index in [1.165, 1.54) is 11.3 Å². The molecule has 3 nitrogen and oxygen atoms in total.